The third kappa shape index (κ3) is 4.55. The van der Waals surface area contributed by atoms with E-state index in [1.165, 1.54) is 11.6 Å². The Morgan fingerprint density at radius 2 is 1.85 bits per heavy atom. The molecule has 0 aliphatic rings. The van der Waals surface area contributed by atoms with Gasteiger partial charge in [-0.3, -0.25) is 4.79 Å². The number of hydrogen-bond donors (Lipinski definition) is 1. The van der Waals surface area contributed by atoms with Gasteiger partial charge in [-0.1, -0.05) is 30.3 Å². The lowest BCUT2D eigenvalue weighted by atomic mass is 10.2. The third-order valence-electron chi connectivity index (χ3n) is 3.07. The average Bonchev–Trinajstić information content (AvgIpc) is 2.47. The second-order valence-corrected chi connectivity index (χ2v) is 4.70. The fraction of sp³-hybridized carbons (Fsp3) is 0.312. The summed E-state index contributed by atoms with van der Waals surface area (Å²) in [6.45, 7) is 1.99. The van der Waals surface area contributed by atoms with Gasteiger partial charge >= 0.3 is 0 Å². The standard InChI is InChI=1S/C16H20N2O2/c17-15-7-8-16(19)18(13-15)10-4-11-20-12-9-14-5-2-1-3-6-14/h1-3,5-8,13H,4,9-12,17H2. The van der Waals surface area contributed by atoms with Crippen LogP contribution in [0.4, 0.5) is 5.69 Å². The largest absolute Gasteiger partial charge is 0.398 e. The van der Waals surface area contributed by atoms with Crippen molar-refractivity contribution in [2.75, 3.05) is 18.9 Å². The molecule has 0 fully saturated rings. The molecule has 0 saturated heterocycles. The van der Waals surface area contributed by atoms with Gasteiger partial charge in [0.15, 0.2) is 0 Å². The van der Waals surface area contributed by atoms with Gasteiger partial charge in [-0.25, -0.2) is 0 Å². The molecule has 0 aliphatic carbocycles. The Morgan fingerprint density at radius 3 is 2.65 bits per heavy atom. The fourth-order valence-corrected chi connectivity index (χ4v) is 2.00. The minimum Gasteiger partial charge on any atom is -0.398 e. The van der Waals surface area contributed by atoms with Crippen molar-refractivity contribution in [2.24, 2.45) is 0 Å². The molecule has 0 atom stereocenters. The van der Waals surface area contributed by atoms with E-state index in [-0.39, 0.29) is 5.56 Å². The minimum atomic E-state index is -0.0246. The van der Waals surface area contributed by atoms with Crippen LogP contribution in [0.15, 0.2) is 53.5 Å². The first-order valence-electron chi connectivity index (χ1n) is 6.83. The molecule has 106 valence electrons. The number of anilines is 1. The SMILES string of the molecule is Nc1ccc(=O)n(CCCOCCc2ccccc2)c1. The molecule has 0 saturated carbocycles. The van der Waals surface area contributed by atoms with Gasteiger partial charge < -0.3 is 15.0 Å². The molecule has 0 aliphatic heterocycles. The molecule has 1 heterocycles. The molecule has 4 heteroatoms. The van der Waals surface area contributed by atoms with Gasteiger partial charge in [-0.05, 0) is 24.5 Å². The maximum Gasteiger partial charge on any atom is 0.250 e. The minimum absolute atomic E-state index is 0.0246. The van der Waals surface area contributed by atoms with Crippen LogP contribution in [-0.4, -0.2) is 17.8 Å². The van der Waals surface area contributed by atoms with Crippen molar-refractivity contribution in [3.05, 3.63) is 64.6 Å². The number of aromatic nitrogens is 1. The summed E-state index contributed by atoms with van der Waals surface area (Å²) in [7, 11) is 0. The quantitative estimate of drug-likeness (QED) is 0.785. The predicted octanol–water partition coefficient (Wildman–Crippen LogP) is 2.08. The first-order valence-corrected chi connectivity index (χ1v) is 6.83. The van der Waals surface area contributed by atoms with Gasteiger partial charge in [-0.2, -0.15) is 0 Å². The van der Waals surface area contributed by atoms with Crippen LogP contribution in [0.5, 0.6) is 0 Å². The molecule has 1 aromatic heterocycles. The Hall–Kier alpha value is -2.07. The highest BCUT2D eigenvalue weighted by Crippen LogP contribution is 2.00. The van der Waals surface area contributed by atoms with Crippen LogP contribution in [0.3, 0.4) is 0 Å². The fourth-order valence-electron chi connectivity index (χ4n) is 2.00. The molecule has 1 aromatic carbocycles. The molecule has 0 bridgehead atoms. The number of ether oxygens (including phenoxy) is 1. The third-order valence-corrected chi connectivity index (χ3v) is 3.07. The summed E-state index contributed by atoms with van der Waals surface area (Å²) in [5, 5.41) is 0. The molecule has 2 rings (SSSR count). The lowest BCUT2D eigenvalue weighted by molar-refractivity contribution is 0.131. The van der Waals surface area contributed by atoms with Gasteiger partial charge in [0.25, 0.3) is 5.56 Å². The zero-order chi connectivity index (χ0) is 14.2. The number of benzene rings is 1. The van der Waals surface area contributed by atoms with Crippen molar-refractivity contribution < 1.29 is 4.74 Å². The van der Waals surface area contributed by atoms with Crippen LogP contribution in [0.1, 0.15) is 12.0 Å². The number of pyridine rings is 1. The number of nitrogens with zero attached hydrogens (tertiary/aromatic N) is 1. The maximum absolute atomic E-state index is 11.5. The summed E-state index contributed by atoms with van der Waals surface area (Å²) >= 11 is 0. The Morgan fingerprint density at radius 1 is 1.05 bits per heavy atom. The van der Waals surface area contributed by atoms with Gasteiger partial charge in [0, 0.05) is 31.1 Å². The summed E-state index contributed by atoms with van der Waals surface area (Å²) < 4.78 is 7.20. The van der Waals surface area contributed by atoms with E-state index in [0.717, 1.165) is 12.8 Å². The van der Waals surface area contributed by atoms with Crippen molar-refractivity contribution in [3.63, 3.8) is 0 Å². The van der Waals surface area contributed by atoms with Crippen LogP contribution < -0.4 is 11.3 Å². The summed E-state index contributed by atoms with van der Waals surface area (Å²) in [6.07, 6.45) is 3.39. The van der Waals surface area contributed by atoms with E-state index in [0.29, 0.717) is 25.4 Å². The van der Waals surface area contributed by atoms with E-state index in [1.54, 1.807) is 16.8 Å². The van der Waals surface area contributed by atoms with Crippen LogP contribution in [-0.2, 0) is 17.7 Å². The summed E-state index contributed by atoms with van der Waals surface area (Å²) in [5.74, 6) is 0. The highest BCUT2D eigenvalue weighted by molar-refractivity contribution is 5.33. The lowest BCUT2D eigenvalue weighted by Crippen LogP contribution is -2.19. The van der Waals surface area contributed by atoms with Crippen LogP contribution in [0.2, 0.25) is 0 Å². The van der Waals surface area contributed by atoms with Gasteiger partial charge in [0.2, 0.25) is 0 Å². The van der Waals surface area contributed by atoms with Crippen molar-refractivity contribution in [1.29, 1.82) is 0 Å². The van der Waals surface area contributed by atoms with E-state index >= 15 is 0 Å². The van der Waals surface area contributed by atoms with E-state index in [9.17, 15) is 4.79 Å². The smallest absolute Gasteiger partial charge is 0.250 e. The summed E-state index contributed by atoms with van der Waals surface area (Å²) in [6, 6.07) is 13.4. The van der Waals surface area contributed by atoms with Crippen molar-refractivity contribution in [2.45, 2.75) is 19.4 Å². The second kappa shape index (κ2) is 7.50. The molecular weight excluding hydrogens is 252 g/mol. The van der Waals surface area contributed by atoms with Crippen LogP contribution >= 0.6 is 0 Å². The molecule has 0 unspecified atom stereocenters. The number of rotatable bonds is 7. The monoisotopic (exact) mass is 272 g/mol. The number of hydrogen-bond acceptors (Lipinski definition) is 3. The zero-order valence-electron chi connectivity index (χ0n) is 11.5. The molecule has 2 aromatic rings. The molecule has 2 N–H and O–H groups in total. The second-order valence-electron chi connectivity index (χ2n) is 4.70. The van der Waals surface area contributed by atoms with Crippen molar-refractivity contribution >= 4 is 5.69 Å². The molecular formula is C16H20N2O2. The molecule has 4 nitrogen and oxygen atoms in total. The van der Waals surface area contributed by atoms with E-state index < -0.39 is 0 Å². The van der Waals surface area contributed by atoms with E-state index in [1.807, 2.05) is 18.2 Å². The Balaban J connectivity index is 1.64. The number of nitrogen functional groups attached to an aromatic ring is 1. The first kappa shape index (κ1) is 14.3. The van der Waals surface area contributed by atoms with Crippen molar-refractivity contribution in [3.8, 4) is 0 Å². The maximum atomic E-state index is 11.5. The van der Waals surface area contributed by atoms with Gasteiger partial charge in [-0.15, -0.1) is 0 Å². The molecule has 0 amide bonds. The summed E-state index contributed by atoms with van der Waals surface area (Å²) in [4.78, 5) is 11.5. The summed E-state index contributed by atoms with van der Waals surface area (Å²) in [5.41, 5.74) is 7.51. The Bertz CT molecular complexity index is 579. The normalized spacial score (nSPS) is 10.6. The van der Waals surface area contributed by atoms with Crippen LogP contribution in [0.25, 0.3) is 0 Å². The average molecular weight is 272 g/mol. The van der Waals surface area contributed by atoms with Crippen molar-refractivity contribution in [1.82, 2.24) is 4.57 Å². The first-order chi connectivity index (χ1) is 9.75. The Kier molecular flexibility index (Phi) is 5.38. The Labute approximate surface area is 118 Å². The topological polar surface area (TPSA) is 57.2 Å². The number of aryl methyl sites for hydroxylation is 1. The molecule has 0 radical (unpaired) electrons. The van der Waals surface area contributed by atoms with E-state index in [2.05, 4.69) is 12.1 Å². The van der Waals surface area contributed by atoms with Gasteiger partial charge in [0.1, 0.15) is 0 Å². The van der Waals surface area contributed by atoms with Gasteiger partial charge in [0.05, 0.1) is 6.61 Å². The zero-order valence-corrected chi connectivity index (χ0v) is 11.5. The highest BCUT2D eigenvalue weighted by Gasteiger charge is 1.97. The predicted molar refractivity (Wildman–Crippen MR) is 80.7 cm³/mol. The molecule has 20 heavy (non-hydrogen) atoms. The van der Waals surface area contributed by atoms with E-state index in [4.69, 9.17) is 10.5 Å². The lowest BCUT2D eigenvalue weighted by Gasteiger charge is -2.07. The molecule has 0 spiro atoms. The van der Waals surface area contributed by atoms with Crippen LogP contribution in [0, 0.1) is 0 Å². The number of nitrogens with two attached hydrogens (primary N) is 1. The highest BCUT2D eigenvalue weighted by atomic mass is 16.5.